The molecule has 0 spiro atoms. The second-order valence-corrected chi connectivity index (χ2v) is 5.74. The van der Waals surface area contributed by atoms with Crippen LogP contribution in [0.4, 0.5) is 15.8 Å². The van der Waals surface area contributed by atoms with Crippen LogP contribution in [0.15, 0.2) is 72.8 Å². The van der Waals surface area contributed by atoms with Crippen molar-refractivity contribution in [1.29, 1.82) is 0 Å². The minimum Gasteiger partial charge on any atom is -0.378 e. The molecule has 25 heavy (non-hydrogen) atoms. The van der Waals surface area contributed by atoms with E-state index >= 15 is 0 Å². The highest BCUT2D eigenvalue weighted by Gasteiger charge is 2.18. The van der Waals surface area contributed by atoms with Crippen molar-refractivity contribution in [2.45, 2.75) is 13.0 Å². The minimum absolute atomic E-state index is 0.00970. The van der Waals surface area contributed by atoms with Crippen molar-refractivity contribution in [3.63, 3.8) is 0 Å². The Bertz CT molecular complexity index is 897. The standard InChI is InChI=1S/C20H17FN2O2/c1-14(15-7-3-2-4-8-15)22-19-13-16(21)11-12-17(19)18-9-5-6-10-20(18)23(24)25/h2-14,22H,1H3. The number of hydrogen-bond acceptors (Lipinski definition) is 3. The van der Waals surface area contributed by atoms with E-state index in [1.165, 1.54) is 18.2 Å². The van der Waals surface area contributed by atoms with E-state index < -0.39 is 10.7 Å². The number of benzene rings is 3. The number of nitrogens with zero attached hydrogens (tertiary/aromatic N) is 1. The lowest BCUT2D eigenvalue weighted by Crippen LogP contribution is -2.08. The Hall–Kier alpha value is -3.21. The van der Waals surface area contributed by atoms with Crippen LogP contribution < -0.4 is 5.32 Å². The maximum atomic E-state index is 13.8. The van der Waals surface area contributed by atoms with Crippen molar-refractivity contribution in [3.8, 4) is 11.1 Å². The fourth-order valence-electron chi connectivity index (χ4n) is 2.79. The van der Waals surface area contributed by atoms with Crippen LogP contribution in [0.1, 0.15) is 18.5 Å². The summed E-state index contributed by atoms with van der Waals surface area (Å²) in [5.74, 6) is -0.398. The predicted octanol–water partition coefficient (Wildman–Crippen LogP) is 5.57. The van der Waals surface area contributed by atoms with Gasteiger partial charge in [-0.2, -0.15) is 0 Å². The number of nitro benzene ring substituents is 1. The van der Waals surface area contributed by atoms with E-state index in [9.17, 15) is 14.5 Å². The van der Waals surface area contributed by atoms with Crippen LogP contribution in [-0.2, 0) is 0 Å². The molecule has 0 bridgehead atoms. The molecule has 0 radical (unpaired) electrons. The summed E-state index contributed by atoms with van der Waals surface area (Å²) in [6, 6.07) is 20.4. The van der Waals surface area contributed by atoms with Gasteiger partial charge in [-0.15, -0.1) is 0 Å². The predicted molar refractivity (Wildman–Crippen MR) is 97.0 cm³/mol. The largest absolute Gasteiger partial charge is 0.378 e. The number of halogens is 1. The lowest BCUT2D eigenvalue weighted by molar-refractivity contribution is -0.384. The Labute approximate surface area is 145 Å². The van der Waals surface area contributed by atoms with Crippen LogP contribution in [0.3, 0.4) is 0 Å². The van der Waals surface area contributed by atoms with Gasteiger partial charge >= 0.3 is 0 Å². The average Bonchev–Trinajstić information content (AvgIpc) is 2.62. The molecule has 0 aliphatic carbocycles. The maximum Gasteiger partial charge on any atom is 0.277 e. The zero-order valence-electron chi connectivity index (χ0n) is 13.6. The van der Waals surface area contributed by atoms with Crippen LogP contribution in [0.25, 0.3) is 11.1 Å². The molecule has 126 valence electrons. The molecule has 3 aromatic rings. The Kier molecular flexibility index (Phi) is 4.75. The summed E-state index contributed by atoms with van der Waals surface area (Å²) in [5, 5.41) is 14.6. The highest BCUT2D eigenvalue weighted by molar-refractivity contribution is 5.83. The van der Waals surface area contributed by atoms with Crippen LogP contribution in [-0.4, -0.2) is 4.92 Å². The SMILES string of the molecule is CC(Nc1cc(F)ccc1-c1ccccc1[N+](=O)[O-])c1ccccc1. The van der Waals surface area contributed by atoms with Gasteiger partial charge in [-0.3, -0.25) is 10.1 Å². The van der Waals surface area contributed by atoms with Crippen molar-refractivity contribution in [2.75, 3.05) is 5.32 Å². The summed E-state index contributed by atoms with van der Waals surface area (Å²) in [7, 11) is 0. The van der Waals surface area contributed by atoms with Crippen molar-refractivity contribution >= 4 is 11.4 Å². The normalized spacial score (nSPS) is 11.8. The lowest BCUT2D eigenvalue weighted by Gasteiger charge is -2.19. The fraction of sp³-hybridized carbons (Fsp3) is 0.100. The summed E-state index contributed by atoms with van der Waals surface area (Å²) in [5.41, 5.74) is 2.60. The molecule has 0 amide bonds. The summed E-state index contributed by atoms with van der Waals surface area (Å²) < 4.78 is 13.8. The van der Waals surface area contributed by atoms with E-state index in [1.54, 1.807) is 24.3 Å². The molecule has 0 saturated carbocycles. The van der Waals surface area contributed by atoms with Gasteiger partial charge in [-0.05, 0) is 36.8 Å². The third kappa shape index (κ3) is 3.66. The highest BCUT2D eigenvalue weighted by atomic mass is 19.1. The Morgan fingerprint density at radius 2 is 1.64 bits per heavy atom. The zero-order valence-corrected chi connectivity index (χ0v) is 13.6. The first-order valence-corrected chi connectivity index (χ1v) is 7.91. The molecular weight excluding hydrogens is 319 g/mol. The smallest absolute Gasteiger partial charge is 0.277 e. The molecule has 0 heterocycles. The molecule has 0 fully saturated rings. The maximum absolute atomic E-state index is 13.8. The molecule has 3 aromatic carbocycles. The van der Waals surface area contributed by atoms with Crippen LogP contribution >= 0.6 is 0 Å². The minimum atomic E-state index is -0.427. The summed E-state index contributed by atoms with van der Waals surface area (Å²) >= 11 is 0. The first-order chi connectivity index (χ1) is 12.1. The first-order valence-electron chi connectivity index (χ1n) is 7.91. The van der Waals surface area contributed by atoms with Gasteiger partial charge in [0.2, 0.25) is 0 Å². The fourth-order valence-corrected chi connectivity index (χ4v) is 2.79. The van der Waals surface area contributed by atoms with E-state index in [1.807, 2.05) is 37.3 Å². The Morgan fingerprint density at radius 1 is 0.960 bits per heavy atom. The molecule has 1 atom stereocenters. The molecular formula is C20H17FN2O2. The molecule has 4 nitrogen and oxygen atoms in total. The molecule has 1 N–H and O–H groups in total. The third-order valence-corrected chi connectivity index (χ3v) is 4.04. The number of nitro groups is 1. The Morgan fingerprint density at radius 3 is 2.36 bits per heavy atom. The molecule has 5 heteroatoms. The van der Waals surface area contributed by atoms with Crippen molar-refractivity contribution in [3.05, 3.63) is 94.3 Å². The summed E-state index contributed by atoms with van der Waals surface area (Å²) in [6.07, 6.45) is 0. The molecule has 0 aliphatic heterocycles. The quantitative estimate of drug-likeness (QED) is 0.489. The van der Waals surface area contributed by atoms with Crippen molar-refractivity contribution < 1.29 is 9.31 Å². The number of rotatable bonds is 5. The summed E-state index contributed by atoms with van der Waals surface area (Å²) in [6.45, 7) is 1.96. The van der Waals surface area contributed by atoms with Crippen molar-refractivity contribution in [1.82, 2.24) is 0 Å². The second kappa shape index (κ2) is 7.13. The van der Waals surface area contributed by atoms with Crippen LogP contribution in [0.2, 0.25) is 0 Å². The van der Waals surface area contributed by atoms with Gasteiger partial charge in [0.25, 0.3) is 5.69 Å². The van der Waals surface area contributed by atoms with Gasteiger partial charge in [0.1, 0.15) is 5.82 Å². The average molecular weight is 336 g/mol. The van der Waals surface area contributed by atoms with E-state index in [0.717, 1.165) is 5.56 Å². The van der Waals surface area contributed by atoms with Gasteiger partial charge in [-0.1, -0.05) is 42.5 Å². The molecule has 3 rings (SSSR count). The monoisotopic (exact) mass is 336 g/mol. The van der Waals surface area contributed by atoms with Gasteiger partial charge < -0.3 is 5.32 Å². The van der Waals surface area contributed by atoms with E-state index in [4.69, 9.17) is 0 Å². The molecule has 0 aliphatic rings. The van der Waals surface area contributed by atoms with E-state index in [2.05, 4.69) is 5.32 Å². The van der Waals surface area contributed by atoms with Gasteiger partial charge in [-0.25, -0.2) is 4.39 Å². The number of anilines is 1. The Balaban J connectivity index is 2.04. The number of para-hydroxylation sites is 1. The van der Waals surface area contributed by atoms with Crippen molar-refractivity contribution in [2.24, 2.45) is 0 Å². The third-order valence-electron chi connectivity index (χ3n) is 4.04. The van der Waals surface area contributed by atoms with E-state index in [0.29, 0.717) is 16.8 Å². The van der Waals surface area contributed by atoms with E-state index in [-0.39, 0.29) is 11.7 Å². The van der Waals surface area contributed by atoms with Crippen LogP contribution in [0.5, 0.6) is 0 Å². The van der Waals surface area contributed by atoms with Gasteiger partial charge in [0.15, 0.2) is 0 Å². The summed E-state index contributed by atoms with van der Waals surface area (Å²) in [4.78, 5) is 10.9. The number of nitrogens with one attached hydrogen (secondary N) is 1. The zero-order chi connectivity index (χ0) is 17.8. The highest BCUT2D eigenvalue weighted by Crippen LogP contribution is 2.36. The van der Waals surface area contributed by atoms with Gasteiger partial charge in [0, 0.05) is 23.4 Å². The number of hydrogen-bond donors (Lipinski definition) is 1. The molecule has 0 saturated heterocycles. The first kappa shape index (κ1) is 16.6. The molecule has 0 aromatic heterocycles. The topological polar surface area (TPSA) is 55.2 Å². The van der Waals surface area contributed by atoms with Crippen LogP contribution in [0, 0.1) is 15.9 Å². The lowest BCUT2D eigenvalue weighted by atomic mass is 10.0. The van der Waals surface area contributed by atoms with Gasteiger partial charge in [0.05, 0.1) is 10.5 Å². The second-order valence-electron chi connectivity index (χ2n) is 5.74. The molecule has 1 unspecified atom stereocenters.